The number of halogens is 1. The van der Waals surface area contributed by atoms with Crippen molar-refractivity contribution in [3.63, 3.8) is 0 Å². The zero-order valence-electron chi connectivity index (χ0n) is 9.90. The molecule has 0 saturated heterocycles. The third-order valence-corrected chi connectivity index (χ3v) is 5.92. The summed E-state index contributed by atoms with van der Waals surface area (Å²) in [4.78, 5) is 0. The first kappa shape index (κ1) is 13.4. The molecule has 0 atom stereocenters. The van der Waals surface area contributed by atoms with Gasteiger partial charge >= 0.3 is 0 Å². The minimum atomic E-state index is -3.04. The predicted octanol–water partition coefficient (Wildman–Crippen LogP) is 2.31. The Hall–Kier alpha value is -1.06. The van der Waals surface area contributed by atoms with E-state index in [-0.39, 0.29) is 0 Å². The standard InChI is InChI=1S/C12H13BrN2O2S/c1-18(16,17)12(4-5-12)8-15-11-3-2-10(13)6-9(11)7-14/h2-3,6,15H,4-5,8H2,1H3. The van der Waals surface area contributed by atoms with Crippen molar-refractivity contribution in [2.24, 2.45) is 0 Å². The first-order valence-corrected chi connectivity index (χ1v) is 8.19. The molecule has 4 nitrogen and oxygen atoms in total. The topological polar surface area (TPSA) is 70.0 Å². The summed E-state index contributed by atoms with van der Waals surface area (Å²) < 4.78 is 23.5. The minimum Gasteiger partial charge on any atom is -0.382 e. The van der Waals surface area contributed by atoms with Crippen molar-refractivity contribution in [3.05, 3.63) is 28.2 Å². The van der Waals surface area contributed by atoms with Crippen LogP contribution >= 0.6 is 15.9 Å². The van der Waals surface area contributed by atoms with Crippen LogP contribution in [0.1, 0.15) is 18.4 Å². The van der Waals surface area contributed by atoms with Gasteiger partial charge < -0.3 is 5.32 Å². The molecule has 1 aliphatic rings. The van der Waals surface area contributed by atoms with Gasteiger partial charge in [-0.25, -0.2) is 8.42 Å². The molecular weight excluding hydrogens is 316 g/mol. The average Bonchev–Trinajstić information content (AvgIpc) is 3.07. The van der Waals surface area contributed by atoms with Crippen molar-refractivity contribution in [2.45, 2.75) is 17.6 Å². The molecular formula is C12H13BrN2O2S. The number of benzene rings is 1. The van der Waals surface area contributed by atoms with Crippen LogP contribution in [0, 0.1) is 11.3 Å². The molecule has 1 aromatic carbocycles. The Bertz CT molecular complexity index is 615. The highest BCUT2D eigenvalue weighted by molar-refractivity contribution is 9.10. The molecule has 96 valence electrons. The fourth-order valence-corrected chi connectivity index (χ4v) is 3.38. The molecule has 0 spiro atoms. The monoisotopic (exact) mass is 328 g/mol. The van der Waals surface area contributed by atoms with Crippen LogP contribution in [0.2, 0.25) is 0 Å². The second kappa shape index (κ2) is 4.56. The van der Waals surface area contributed by atoms with Crippen LogP contribution in [0.3, 0.4) is 0 Å². The van der Waals surface area contributed by atoms with Gasteiger partial charge in [0.25, 0.3) is 0 Å². The van der Waals surface area contributed by atoms with E-state index >= 15 is 0 Å². The van der Waals surface area contributed by atoms with Gasteiger partial charge in [0.2, 0.25) is 0 Å². The van der Waals surface area contributed by atoms with Gasteiger partial charge in [-0.1, -0.05) is 15.9 Å². The summed E-state index contributed by atoms with van der Waals surface area (Å²) in [6.07, 6.45) is 2.66. The lowest BCUT2D eigenvalue weighted by atomic mass is 10.2. The van der Waals surface area contributed by atoms with E-state index in [1.165, 1.54) is 6.26 Å². The molecule has 2 rings (SSSR count). The summed E-state index contributed by atoms with van der Waals surface area (Å²) in [6.45, 7) is 0.363. The number of hydrogen-bond acceptors (Lipinski definition) is 4. The summed E-state index contributed by atoms with van der Waals surface area (Å²) in [5.74, 6) is 0. The Morgan fingerprint density at radius 1 is 1.50 bits per heavy atom. The molecule has 1 aliphatic carbocycles. The van der Waals surface area contributed by atoms with Crippen LogP contribution in [0.25, 0.3) is 0 Å². The second-order valence-corrected chi connectivity index (χ2v) is 7.94. The first-order chi connectivity index (χ1) is 8.38. The van der Waals surface area contributed by atoms with Gasteiger partial charge in [-0.15, -0.1) is 0 Å². The summed E-state index contributed by atoms with van der Waals surface area (Å²) in [5, 5.41) is 12.1. The Kier molecular flexibility index (Phi) is 3.39. The van der Waals surface area contributed by atoms with Gasteiger partial charge in [0.15, 0.2) is 9.84 Å². The lowest BCUT2D eigenvalue weighted by Crippen LogP contribution is -2.30. The highest BCUT2D eigenvalue weighted by Gasteiger charge is 2.51. The van der Waals surface area contributed by atoms with E-state index in [9.17, 15) is 8.42 Å². The van der Waals surface area contributed by atoms with Crippen molar-refractivity contribution < 1.29 is 8.42 Å². The summed E-state index contributed by atoms with van der Waals surface area (Å²) in [7, 11) is -3.04. The molecule has 6 heteroatoms. The van der Waals surface area contributed by atoms with Crippen LogP contribution in [-0.4, -0.2) is 26.0 Å². The maximum atomic E-state index is 11.6. The van der Waals surface area contributed by atoms with Crippen LogP contribution in [-0.2, 0) is 9.84 Å². The largest absolute Gasteiger partial charge is 0.382 e. The molecule has 0 heterocycles. The van der Waals surface area contributed by atoms with Crippen molar-refractivity contribution in [3.8, 4) is 6.07 Å². The number of anilines is 1. The molecule has 0 amide bonds. The predicted molar refractivity (Wildman–Crippen MR) is 74.2 cm³/mol. The van der Waals surface area contributed by atoms with E-state index in [1.54, 1.807) is 12.1 Å². The molecule has 0 unspecified atom stereocenters. The maximum Gasteiger partial charge on any atom is 0.154 e. The quantitative estimate of drug-likeness (QED) is 0.920. The van der Waals surface area contributed by atoms with Gasteiger partial charge in [-0.3, -0.25) is 0 Å². The zero-order valence-corrected chi connectivity index (χ0v) is 12.3. The molecule has 0 radical (unpaired) electrons. The normalized spacial score (nSPS) is 16.9. The van der Waals surface area contributed by atoms with E-state index < -0.39 is 14.6 Å². The Balaban J connectivity index is 2.15. The average molecular weight is 329 g/mol. The number of sulfone groups is 1. The van der Waals surface area contributed by atoms with Crippen molar-refractivity contribution in [2.75, 3.05) is 18.1 Å². The number of nitrogens with zero attached hydrogens (tertiary/aromatic N) is 1. The third-order valence-electron chi connectivity index (χ3n) is 3.30. The summed E-state index contributed by atoms with van der Waals surface area (Å²) in [5.41, 5.74) is 1.18. The van der Waals surface area contributed by atoms with E-state index in [0.29, 0.717) is 30.6 Å². The Morgan fingerprint density at radius 2 is 2.17 bits per heavy atom. The van der Waals surface area contributed by atoms with Gasteiger partial charge in [0.1, 0.15) is 6.07 Å². The summed E-state index contributed by atoms with van der Waals surface area (Å²) >= 11 is 3.30. The van der Waals surface area contributed by atoms with Gasteiger partial charge in [0.05, 0.1) is 16.0 Å². The van der Waals surface area contributed by atoms with Gasteiger partial charge in [-0.2, -0.15) is 5.26 Å². The van der Waals surface area contributed by atoms with E-state index in [1.807, 2.05) is 6.07 Å². The highest BCUT2D eigenvalue weighted by Crippen LogP contribution is 2.43. The zero-order chi connectivity index (χ0) is 13.4. The molecule has 0 aromatic heterocycles. The SMILES string of the molecule is CS(=O)(=O)C1(CNc2ccc(Br)cc2C#N)CC1. The molecule has 0 aliphatic heterocycles. The fourth-order valence-electron chi connectivity index (χ4n) is 1.84. The fraction of sp³-hybridized carbons (Fsp3) is 0.417. The van der Waals surface area contributed by atoms with E-state index in [2.05, 4.69) is 27.3 Å². The molecule has 0 bridgehead atoms. The number of rotatable bonds is 4. The van der Waals surface area contributed by atoms with Crippen molar-refractivity contribution >= 4 is 31.5 Å². The number of hydrogen-bond donors (Lipinski definition) is 1. The third kappa shape index (κ3) is 2.52. The highest BCUT2D eigenvalue weighted by atomic mass is 79.9. The van der Waals surface area contributed by atoms with Crippen LogP contribution in [0.5, 0.6) is 0 Å². The number of nitrogens with one attached hydrogen (secondary N) is 1. The molecule has 1 N–H and O–H groups in total. The maximum absolute atomic E-state index is 11.6. The summed E-state index contributed by atoms with van der Waals surface area (Å²) in [6, 6.07) is 7.40. The van der Waals surface area contributed by atoms with Gasteiger partial charge in [0, 0.05) is 17.3 Å². The van der Waals surface area contributed by atoms with Crippen LogP contribution in [0.15, 0.2) is 22.7 Å². The molecule has 18 heavy (non-hydrogen) atoms. The van der Waals surface area contributed by atoms with Crippen molar-refractivity contribution in [1.29, 1.82) is 5.26 Å². The number of nitriles is 1. The Labute approximate surface area is 115 Å². The lowest BCUT2D eigenvalue weighted by molar-refractivity contribution is 0.585. The van der Waals surface area contributed by atoms with Gasteiger partial charge in [-0.05, 0) is 31.0 Å². The molecule has 1 saturated carbocycles. The lowest BCUT2D eigenvalue weighted by Gasteiger charge is -2.15. The van der Waals surface area contributed by atoms with Crippen LogP contribution in [0.4, 0.5) is 5.69 Å². The van der Waals surface area contributed by atoms with Crippen LogP contribution < -0.4 is 5.32 Å². The van der Waals surface area contributed by atoms with E-state index in [0.717, 1.165) is 4.47 Å². The second-order valence-electron chi connectivity index (χ2n) is 4.61. The first-order valence-electron chi connectivity index (χ1n) is 5.51. The molecule has 1 aromatic rings. The smallest absolute Gasteiger partial charge is 0.154 e. The molecule has 1 fully saturated rings. The Morgan fingerprint density at radius 3 is 2.67 bits per heavy atom. The minimum absolute atomic E-state index is 0.363. The van der Waals surface area contributed by atoms with Crippen molar-refractivity contribution in [1.82, 2.24) is 0 Å². The van der Waals surface area contributed by atoms with E-state index in [4.69, 9.17) is 5.26 Å².